The van der Waals surface area contributed by atoms with E-state index in [2.05, 4.69) is 20.6 Å². The maximum absolute atomic E-state index is 15.4. The van der Waals surface area contributed by atoms with E-state index < -0.39 is 81.6 Å². The second-order valence-electron chi connectivity index (χ2n) is 19.2. The molecule has 2 aliphatic heterocycles. The molecular weight excluding hydrogens is 1000 g/mol. The highest BCUT2D eigenvalue weighted by Gasteiger charge is 2.52. The van der Waals surface area contributed by atoms with Gasteiger partial charge in [-0.25, -0.2) is 14.4 Å². The number of hydrogen-bond donors (Lipinski definition) is 3. The average molecular weight is 1060 g/mol. The number of pyridine rings is 1. The number of hydrogen-bond acceptors (Lipinski definition) is 13. The van der Waals surface area contributed by atoms with Crippen molar-refractivity contribution in [2.24, 2.45) is 5.41 Å². The Morgan fingerprint density at radius 3 is 2.30 bits per heavy atom. The monoisotopic (exact) mass is 1060 g/mol. The Bertz CT molecular complexity index is 2920. The largest absolute Gasteiger partial charge is 0.494 e. The fourth-order valence-electron chi connectivity index (χ4n) is 8.48. The fourth-order valence-corrected chi connectivity index (χ4v) is 9.81. The Morgan fingerprint density at radius 2 is 1.68 bits per heavy atom. The summed E-state index contributed by atoms with van der Waals surface area (Å²) in [5, 5.41) is 25.1. The lowest BCUT2D eigenvalue weighted by Gasteiger charge is -2.35. The van der Waals surface area contributed by atoms with Gasteiger partial charge in [-0.2, -0.15) is 18.4 Å². The van der Waals surface area contributed by atoms with E-state index in [0.717, 1.165) is 33.8 Å². The summed E-state index contributed by atoms with van der Waals surface area (Å²) in [4.78, 5) is 67.1. The predicted molar refractivity (Wildman–Crippen MR) is 271 cm³/mol. The number of aromatic nitrogens is 2. The molecule has 390 valence electrons. The summed E-state index contributed by atoms with van der Waals surface area (Å²) in [6.45, 7) is 10.8. The quantitative estimate of drug-likeness (QED) is 0.0431. The van der Waals surface area contributed by atoms with Crippen LogP contribution in [0.25, 0.3) is 10.4 Å². The van der Waals surface area contributed by atoms with E-state index >= 15 is 4.39 Å². The molecule has 2 saturated heterocycles. The van der Waals surface area contributed by atoms with Crippen molar-refractivity contribution < 1.29 is 56.1 Å². The molecule has 0 aliphatic carbocycles. The molecule has 0 unspecified atom stereocenters. The molecule has 74 heavy (non-hydrogen) atoms. The number of thiazole rings is 1. The molecule has 7 rings (SSSR count). The summed E-state index contributed by atoms with van der Waals surface area (Å²) in [6.07, 6.45) is -3.54. The predicted octanol–water partition coefficient (Wildman–Crippen LogP) is 8.24. The number of amides is 4. The summed E-state index contributed by atoms with van der Waals surface area (Å²) in [6, 6.07) is 18.6. The Labute approximate surface area is 434 Å². The van der Waals surface area contributed by atoms with Gasteiger partial charge in [0.1, 0.15) is 41.3 Å². The minimum atomic E-state index is -5.21. The maximum Gasteiger partial charge on any atom is 0.420 e. The highest BCUT2D eigenvalue weighted by molar-refractivity contribution is 7.81. The number of nitriles is 1. The van der Waals surface area contributed by atoms with Gasteiger partial charge in [-0.3, -0.25) is 24.1 Å². The maximum atomic E-state index is 15.4. The van der Waals surface area contributed by atoms with Crippen LogP contribution in [-0.4, -0.2) is 98.8 Å². The van der Waals surface area contributed by atoms with E-state index in [1.165, 1.54) is 48.0 Å². The number of aliphatic hydroxyl groups is 1. The number of aryl methyl sites for hydroxylation is 1. The van der Waals surface area contributed by atoms with E-state index in [1.807, 2.05) is 31.2 Å². The van der Waals surface area contributed by atoms with E-state index in [9.17, 15) is 42.7 Å². The molecule has 0 radical (unpaired) electrons. The number of nitrogens with one attached hydrogen (secondary N) is 2. The lowest BCUT2D eigenvalue weighted by molar-refractivity contribution is -0.144. The zero-order chi connectivity index (χ0) is 53.7. The van der Waals surface area contributed by atoms with Crippen LogP contribution in [0.15, 0.2) is 84.5 Å². The van der Waals surface area contributed by atoms with Crippen molar-refractivity contribution >= 4 is 63.7 Å². The summed E-state index contributed by atoms with van der Waals surface area (Å²) >= 11 is 7.06. The van der Waals surface area contributed by atoms with Crippen LogP contribution < -0.4 is 29.9 Å². The molecule has 2 fully saturated rings. The third-order valence-corrected chi connectivity index (χ3v) is 13.7. The summed E-state index contributed by atoms with van der Waals surface area (Å²) in [5.74, 6) is -2.85. The molecule has 5 aromatic rings. The number of carbonyl (C=O) groups excluding carboxylic acids is 4. The highest BCUT2D eigenvalue weighted by atomic mass is 32.1. The van der Waals surface area contributed by atoms with Gasteiger partial charge < -0.3 is 39.8 Å². The molecule has 0 spiro atoms. The van der Waals surface area contributed by atoms with Crippen LogP contribution in [0.1, 0.15) is 76.3 Å². The zero-order valence-corrected chi connectivity index (χ0v) is 42.9. The first-order valence-corrected chi connectivity index (χ1v) is 24.8. The van der Waals surface area contributed by atoms with Crippen LogP contribution in [0, 0.1) is 29.5 Å². The molecule has 0 saturated carbocycles. The number of thiocarbonyl (C=S) groups is 1. The molecule has 0 bridgehead atoms. The second kappa shape index (κ2) is 22.6. The number of alkyl halides is 3. The lowest BCUT2D eigenvalue weighted by atomic mass is 9.85. The lowest BCUT2D eigenvalue weighted by Crippen LogP contribution is -2.58. The number of halogens is 4. The normalized spacial score (nSPS) is 17.0. The number of aliphatic hydroxyl groups excluding tert-OH is 1. The molecule has 4 heterocycles. The summed E-state index contributed by atoms with van der Waals surface area (Å²) < 4.78 is 74.0. The van der Waals surface area contributed by atoms with Gasteiger partial charge in [0.15, 0.2) is 10.9 Å². The van der Waals surface area contributed by atoms with Crippen molar-refractivity contribution in [3.8, 4) is 33.9 Å². The smallest absolute Gasteiger partial charge is 0.420 e. The molecule has 3 N–H and O–H groups in total. The van der Waals surface area contributed by atoms with Gasteiger partial charge in [0.25, 0.3) is 5.91 Å². The summed E-state index contributed by atoms with van der Waals surface area (Å²) in [5.41, 5.74) is -0.760. The fraction of sp³-hybridized carbons (Fsp3) is 0.385. The van der Waals surface area contributed by atoms with Crippen LogP contribution in [0.3, 0.4) is 0 Å². The second-order valence-corrected chi connectivity index (χ2v) is 20.4. The molecule has 3 aromatic carbocycles. The van der Waals surface area contributed by atoms with Crippen molar-refractivity contribution in [1.29, 1.82) is 5.26 Å². The van der Waals surface area contributed by atoms with Crippen molar-refractivity contribution in [2.45, 2.75) is 97.3 Å². The van der Waals surface area contributed by atoms with Crippen LogP contribution >= 0.6 is 23.6 Å². The Morgan fingerprint density at radius 1 is 0.986 bits per heavy atom. The van der Waals surface area contributed by atoms with Crippen LogP contribution in [-0.2, 0) is 36.6 Å². The molecule has 2 aliphatic rings. The van der Waals surface area contributed by atoms with E-state index in [4.69, 9.17) is 26.4 Å². The van der Waals surface area contributed by atoms with Crippen LogP contribution in [0.5, 0.6) is 17.4 Å². The van der Waals surface area contributed by atoms with Gasteiger partial charge in [0.2, 0.25) is 23.6 Å². The third kappa shape index (κ3) is 12.3. The standard InChI is InChI=1S/C52H54F4N8O8S2/c1-30-44(74-29-60-30)32-11-9-31(10-12-32)25-59-46(67)39-23-35(65)27-62(39)47(68)45(50(2,3)4)61-40(66)28-70-21-7-8-22-71-36-15-17-37(18-16-36)72-41-20-14-34(26-58-41)64-49(73)63(48(69)51(64,5)6)38-19-13-33(24-57)42(43(38)53)52(54,55)56/h9-20,26,29,35,39,45,65H,7-8,21-23,25,27-28H2,1-6H3,(H,59,67)(H,61,66)/t35-,39+,45-/m1/s1. The molecule has 22 heteroatoms. The number of benzene rings is 3. The zero-order valence-electron chi connectivity index (χ0n) is 41.3. The third-order valence-electron chi connectivity index (χ3n) is 12.4. The number of nitrogens with zero attached hydrogens (tertiary/aromatic N) is 6. The first kappa shape index (κ1) is 54.7. The number of anilines is 2. The van der Waals surface area contributed by atoms with Gasteiger partial charge in [-0.15, -0.1) is 11.3 Å². The van der Waals surface area contributed by atoms with E-state index in [-0.39, 0.29) is 49.4 Å². The van der Waals surface area contributed by atoms with Gasteiger partial charge in [-0.1, -0.05) is 45.0 Å². The highest BCUT2D eigenvalue weighted by Crippen LogP contribution is 2.42. The topological polar surface area (TPSA) is 200 Å². The van der Waals surface area contributed by atoms with Gasteiger partial charge in [0.05, 0.1) is 58.0 Å². The first-order valence-electron chi connectivity index (χ1n) is 23.5. The van der Waals surface area contributed by atoms with Crippen molar-refractivity contribution in [2.75, 3.05) is 36.2 Å². The van der Waals surface area contributed by atoms with Crippen LogP contribution in [0.2, 0.25) is 0 Å². The number of rotatable bonds is 18. The minimum Gasteiger partial charge on any atom is -0.494 e. The van der Waals surface area contributed by atoms with Gasteiger partial charge in [0, 0.05) is 32.2 Å². The Kier molecular flexibility index (Phi) is 16.7. The molecule has 3 atom stereocenters. The van der Waals surface area contributed by atoms with Crippen molar-refractivity contribution in [3.05, 3.63) is 113 Å². The molecule has 4 amide bonds. The first-order chi connectivity index (χ1) is 35.0. The van der Waals surface area contributed by atoms with E-state index in [1.54, 1.807) is 61.9 Å². The van der Waals surface area contributed by atoms with Crippen molar-refractivity contribution in [1.82, 2.24) is 25.5 Å². The Balaban J connectivity index is 0.831. The average Bonchev–Trinajstić information content (AvgIpc) is 4.01. The SMILES string of the molecule is Cc1ncsc1-c1ccc(CNC(=O)[C@@H]2C[C@@H](O)CN2C(=O)[C@@H](NC(=O)COCCCCOc2ccc(Oc3ccc(N4C(=S)N(c5ccc(C#N)c(C(F)(F)F)c5F)C(=O)C4(C)C)cn3)cc2)C(C)(C)C)cc1. The minimum absolute atomic E-state index is 0.0481. The Hall–Kier alpha value is -7.06. The number of ether oxygens (including phenoxy) is 3. The van der Waals surface area contributed by atoms with E-state index in [0.29, 0.717) is 35.8 Å². The number of β-amino-alcohol motifs (C(OH)–C–C–N with tert-alkyl or cyclic N) is 1. The van der Waals surface area contributed by atoms with Crippen LogP contribution in [0.4, 0.5) is 28.9 Å². The van der Waals surface area contributed by atoms with Gasteiger partial charge in [-0.05, 0) is 105 Å². The number of carbonyl (C=O) groups is 4. The number of unbranched alkanes of at least 4 members (excludes halogenated alkanes) is 1. The number of likely N-dealkylation sites (tertiary alicyclic amines) is 1. The van der Waals surface area contributed by atoms with Gasteiger partial charge >= 0.3 is 6.18 Å². The van der Waals surface area contributed by atoms with Crippen molar-refractivity contribution in [3.63, 3.8) is 0 Å². The molecule has 2 aromatic heterocycles. The summed E-state index contributed by atoms with van der Waals surface area (Å²) in [7, 11) is 0. The molecule has 16 nitrogen and oxygen atoms in total. The molecular formula is C52H54F4N8O8S2.